The number of carboxylic acid groups (broad SMARTS) is 1. The summed E-state index contributed by atoms with van der Waals surface area (Å²) in [5.41, 5.74) is 0.407. The van der Waals surface area contributed by atoms with Crippen LogP contribution in [0.3, 0.4) is 0 Å². The molecule has 0 heterocycles. The number of hydrogen-bond acceptors (Lipinski definition) is 1. The molecule has 0 atom stereocenters. The molecule has 0 bridgehead atoms. The summed E-state index contributed by atoms with van der Waals surface area (Å²) in [6.45, 7) is 0. The Hall–Kier alpha value is -1.09. The van der Waals surface area contributed by atoms with Crippen LogP contribution in [0.15, 0.2) is 24.3 Å². The highest BCUT2D eigenvalue weighted by Gasteiger charge is 2.48. The molecule has 0 radical (unpaired) electrons. The molecule has 0 aliphatic heterocycles. The van der Waals surface area contributed by atoms with Gasteiger partial charge < -0.3 is 5.11 Å². The summed E-state index contributed by atoms with van der Waals surface area (Å²) in [5, 5.41) is 8.73. The highest BCUT2D eigenvalue weighted by atomic mass is 35.5. The summed E-state index contributed by atoms with van der Waals surface area (Å²) in [5.74, 6) is -1.67. The molecular weight excluding hydrogens is 219 g/mol. The SMILES string of the molecule is O=C(O)C1CC(Cl)(c2ccccc2F)C1. The maximum Gasteiger partial charge on any atom is 0.306 e. The van der Waals surface area contributed by atoms with Crippen molar-refractivity contribution in [3.05, 3.63) is 35.6 Å². The fraction of sp³-hybridized carbons (Fsp3) is 0.364. The third-order valence-electron chi connectivity index (χ3n) is 2.85. The first-order valence-electron chi connectivity index (χ1n) is 4.70. The average Bonchev–Trinajstić information content (AvgIpc) is 2.13. The number of benzene rings is 1. The lowest BCUT2D eigenvalue weighted by Gasteiger charge is -2.41. The molecule has 1 aliphatic carbocycles. The van der Waals surface area contributed by atoms with Crippen LogP contribution in [-0.2, 0) is 9.67 Å². The molecule has 1 saturated carbocycles. The largest absolute Gasteiger partial charge is 0.481 e. The van der Waals surface area contributed by atoms with Crippen molar-refractivity contribution in [2.75, 3.05) is 0 Å². The van der Waals surface area contributed by atoms with Crippen molar-refractivity contribution in [1.82, 2.24) is 0 Å². The van der Waals surface area contributed by atoms with Crippen LogP contribution in [0.1, 0.15) is 18.4 Å². The molecule has 0 unspecified atom stereocenters. The zero-order chi connectivity index (χ0) is 11.1. The van der Waals surface area contributed by atoms with Crippen LogP contribution in [0.5, 0.6) is 0 Å². The van der Waals surface area contributed by atoms with E-state index in [2.05, 4.69) is 0 Å². The van der Waals surface area contributed by atoms with E-state index in [0.29, 0.717) is 18.4 Å². The lowest BCUT2D eigenvalue weighted by molar-refractivity contribution is -0.145. The summed E-state index contributed by atoms with van der Waals surface area (Å²) in [7, 11) is 0. The Morgan fingerprint density at radius 1 is 1.47 bits per heavy atom. The van der Waals surface area contributed by atoms with Crippen LogP contribution >= 0.6 is 11.6 Å². The van der Waals surface area contributed by atoms with Gasteiger partial charge in [0.2, 0.25) is 0 Å². The van der Waals surface area contributed by atoms with E-state index in [1.54, 1.807) is 18.2 Å². The van der Waals surface area contributed by atoms with Crippen molar-refractivity contribution in [1.29, 1.82) is 0 Å². The minimum atomic E-state index is -0.859. The van der Waals surface area contributed by atoms with Gasteiger partial charge in [0, 0.05) is 5.56 Å². The molecule has 4 heteroatoms. The predicted octanol–water partition coefficient (Wildman–Crippen LogP) is 2.75. The van der Waals surface area contributed by atoms with Crippen molar-refractivity contribution < 1.29 is 14.3 Å². The van der Waals surface area contributed by atoms with Crippen LogP contribution in [0.4, 0.5) is 4.39 Å². The maximum absolute atomic E-state index is 13.4. The van der Waals surface area contributed by atoms with Crippen molar-refractivity contribution in [2.45, 2.75) is 17.7 Å². The average molecular weight is 229 g/mol. The Kier molecular flexibility index (Phi) is 2.43. The first kappa shape index (κ1) is 10.4. The summed E-state index contributed by atoms with van der Waals surface area (Å²) >= 11 is 6.17. The Morgan fingerprint density at radius 3 is 2.60 bits per heavy atom. The van der Waals surface area contributed by atoms with Gasteiger partial charge in [-0.1, -0.05) is 18.2 Å². The summed E-state index contributed by atoms with van der Waals surface area (Å²) in [6.07, 6.45) is 0.593. The number of carbonyl (C=O) groups is 1. The van der Waals surface area contributed by atoms with Gasteiger partial charge in [-0.2, -0.15) is 0 Å². The van der Waals surface area contributed by atoms with Crippen LogP contribution < -0.4 is 0 Å². The second kappa shape index (κ2) is 3.49. The van der Waals surface area contributed by atoms with E-state index in [1.807, 2.05) is 0 Å². The third-order valence-corrected chi connectivity index (χ3v) is 3.36. The normalized spacial score (nSPS) is 29.6. The summed E-state index contributed by atoms with van der Waals surface area (Å²) < 4.78 is 13.4. The molecule has 1 aromatic carbocycles. The van der Waals surface area contributed by atoms with Crippen molar-refractivity contribution in [3.63, 3.8) is 0 Å². The molecule has 2 nitrogen and oxygen atoms in total. The van der Waals surface area contributed by atoms with Crippen molar-refractivity contribution in [3.8, 4) is 0 Å². The van der Waals surface area contributed by atoms with Crippen LogP contribution in [0.2, 0.25) is 0 Å². The molecule has 1 N–H and O–H groups in total. The Balaban J connectivity index is 2.20. The first-order valence-corrected chi connectivity index (χ1v) is 5.07. The molecular formula is C11H10ClFO2. The number of halogens is 2. The zero-order valence-corrected chi connectivity index (χ0v) is 8.67. The van der Waals surface area contributed by atoms with Gasteiger partial charge in [-0.25, -0.2) is 4.39 Å². The molecule has 0 saturated heterocycles. The quantitative estimate of drug-likeness (QED) is 0.791. The van der Waals surface area contributed by atoms with Gasteiger partial charge in [-0.05, 0) is 18.9 Å². The molecule has 0 spiro atoms. The zero-order valence-electron chi connectivity index (χ0n) is 7.91. The molecule has 1 fully saturated rings. The highest BCUT2D eigenvalue weighted by Crippen LogP contribution is 2.51. The predicted molar refractivity (Wildman–Crippen MR) is 54.3 cm³/mol. The van der Waals surface area contributed by atoms with Gasteiger partial charge in [0.25, 0.3) is 0 Å². The highest BCUT2D eigenvalue weighted by molar-refractivity contribution is 6.25. The number of alkyl halides is 1. The topological polar surface area (TPSA) is 37.3 Å². The summed E-state index contributed by atoms with van der Waals surface area (Å²) in [6, 6.07) is 6.25. The van der Waals surface area contributed by atoms with E-state index in [9.17, 15) is 9.18 Å². The van der Waals surface area contributed by atoms with Gasteiger partial charge in [-0.15, -0.1) is 11.6 Å². The van der Waals surface area contributed by atoms with Gasteiger partial charge >= 0.3 is 5.97 Å². The van der Waals surface area contributed by atoms with Gasteiger partial charge in [0.1, 0.15) is 5.82 Å². The molecule has 15 heavy (non-hydrogen) atoms. The molecule has 0 aromatic heterocycles. The number of hydrogen-bond donors (Lipinski definition) is 1. The molecule has 1 aliphatic rings. The number of carboxylic acids is 1. The smallest absolute Gasteiger partial charge is 0.306 e. The monoisotopic (exact) mass is 228 g/mol. The van der Waals surface area contributed by atoms with Crippen LogP contribution in [0, 0.1) is 11.7 Å². The van der Waals surface area contributed by atoms with Crippen molar-refractivity contribution in [2.24, 2.45) is 5.92 Å². The van der Waals surface area contributed by atoms with Crippen LogP contribution in [-0.4, -0.2) is 11.1 Å². The molecule has 0 amide bonds. The fourth-order valence-corrected chi connectivity index (χ4v) is 2.47. The van der Waals surface area contributed by atoms with Gasteiger partial charge in [0.05, 0.1) is 10.8 Å². The molecule has 80 valence electrons. The Bertz CT molecular complexity index is 399. The number of aliphatic carboxylic acids is 1. The van der Waals surface area contributed by atoms with Gasteiger partial charge in [-0.3, -0.25) is 4.79 Å². The minimum absolute atomic E-state index is 0.296. The lowest BCUT2D eigenvalue weighted by atomic mass is 9.70. The third kappa shape index (κ3) is 1.72. The van der Waals surface area contributed by atoms with Gasteiger partial charge in [0.15, 0.2) is 0 Å². The molecule has 2 rings (SSSR count). The fourth-order valence-electron chi connectivity index (χ4n) is 1.94. The second-order valence-corrected chi connectivity index (χ2v) is 4.61. The maximum atomic E-state index is 13.4. The van der Waals surface area contributed by atoms with Crippen LogP contribution in [0.25, 0.3) is 0 Å². The van der Waals surface area contributed by atoms with E-state index in [4.69, 9.17) is 16.7 Å². The minimum Gasteiger partial charge on any atom is -0.481 e. The Labute approximate surface area is 91.7 Å². The summed E-state index contributed by atoms with van der Waals surface area (Å²) in [4.78, 5) is 9.81. The molecule has 1 aromatic rings. The Morgan fingerprint density at radius 2 is 2.07 bits per heavy atom. The lowest BCUT2D eigenvalue weighted by Crippen LogP contribution is -2.40. The van der Waals surface area contributed by atoms with E-state index >= 15 is 0 Å². The van der Waals surface area contributed by atoms with Crippen molar-refractivity contribution >= 4 is 17.6 Å². The van der Waals surface area contributed by atoms with E-state index in [-0.39, 0.29) is 5.82 Å². The second-order valence-electron chi connectivity index (χ2n) is 3.89. The number of rotatable bonds is 2. The van der Waals surface area contributed by atoms with E-state index < -0.39 is 16.8 Å². The van der Waals surface area contributed by atoms with E-state index in [1.165, 1.54) is 6.07 Å². The first-order chi connectivity index (χ1) is 7.03. The standard InChI is InChI=1S/C11H10ClFO2/c12-11(5-7(6-11)10(14)15)8-3-1-2-4-9(8)13/h1-4,7H,5-6H2,(H,14,15). The van der Waals surface area contributed by atoms with E-state index in [0.717, 1.165) is 0 Å².